The van der Waals surface area contributed by atoms with Gasteiger partial charge in [0.25, 0.3) is 0 Å². The number of benzene rings is 1. The highest BCUT2D eigenvalue weighted by molar-refractivity contribution is 6.39. The predicted molar refractivity (Wildman–Crippen MR) is 60.1 cm³/mol. The van der Waals surface area contributed by atoms with Crippen LogP contribution >= 0.6 is 11.6 Å². The maximum atomic E-state index is 13.3. The quantitative estimate of drug-likeness (QED) is 0.694. The largest absolute Gasteiger partial charge is 0.395 e. The summed E-state index contributed by atoms with van der Waals surface area (Å²) in [6.45, 7) is -0.330. The van der Waals surface area contributed by atoms with E-state index in [0.717, 1.165) is 6.07 Å². The number of aliphatic hydroxyl groups is 1. The minimum Gasteiger partial charge on any atom is -0.395 e. The molecule has 0 spiro atoms. The monoisotopic (exact) mass is 260 g/mol. The number of carbonyl (C=O) groups excluding carboxylic acids is 2. The number of hydrogen-bond acceptors (Lipinski definition) is 3. The fourth-order valence-corrected chi connectivity index (χ4v) is 1.18. The summed E-state index contributed by atoms with van der Waals surface area (Å²) < 4.78 is 13.3. The minimum atomic E-state index is -1.01. The Morgan fingerprint density at radius 3 is 2.65 bits per heavy atom. The van der Waals surface area contributed by atoms with Crippen molar-refractivity contribution in [3.8, 4) is 0 Å². The van der Waals surface area contributed by atoms with Gasteiger partial charge in [0.2, 0.25) is 0 Å². The topological polar surface area (TPSA) is 78.4 Å². The van der Waals surface area contributed by atoms with Gasteiger partial charge in [0, 0.05) is 11.6 Å². The van der Waals surface area contributed by atoms with Crippen molar-refractivity contribution in [1.29, 1.82) is 0 Å². The van der Waals surface area contributed by atoms with Crippen LogP contribution in [0.1, 0.15) is 0 Å². The molecule has 0 radical (unpaired) electrons. The van der Waals surface area contributed by atoms with Crippen LogP contribution in [0, 0.1) is 5.82 Å². The summed E-state index contributed by atoms with van der Waals surface area (Å²) in [4.78, 5) is 22.4. The van der Waals surface area contributed by atoms with Gasteiger partial charge >= 0.3 is 11.8 Å². The first-order valence-electron chi connectivity index (χ1n) is 4.69. The Morgan fingerprint density at radius 1 is 1.35 bits per heavy atom. The molecule has 0 fully saturated rings. The normalized spacial score (nSPS) is 9.82. The number of aliphatic hydroxyl groups excluding tert-OH is 1. The van der Waals surface area contributed by atoms with Gasteiger partial charge in [-0.2, -0.15) is 0 Å². The average Bonchev–Trinajstić information content (AvgIpc) is 2.29. The zero-order valence-electron chi connectivity index (χ0n) is 8.67. The third-order valence-electron chi connectivity index (χ3n) is 1.78. The third-order valence-corrected chi connectivity index (χ3v) is 2.02. The standard InChI is InChI=1S/C10H10ClFN2O3/c11-6-1-2-8(7(12)5-6)14-10(17)9(16)13-3-4-15/h1-2,5,15H,3-4H2,(H,13,16)(H,14,17). The van der Waals surface area contributed by atoms with Gasteiger partial charge in [-0.1, -0.05) is 11.6 Å². The zero-order chi connectivity index (χ0) is 12.8. The van der Waals surface area contributed by atoms with E-state index in [9.17, 15) is 14.0 Å². The van der Waals surface area contributed by atoms with Gasteiger partial charge in [-0.15, -0.1) is 0 Å². The van der Waals surface area contributed by atoms with E-state index in [4.69, 9.17) is 16.7 Å². The lowest BCUT2D eigenvalue weighted by Crippen LogP contribution is -2.37. The van der Waals surface area contributed by atoms with Gasteiger partial charge in [-0.05, 0) is 18.2 Å². The fraction of sp³-hybridized carbons (Fsp3) is 0.200. The first-order chi connectivity index (χ1) is 8.04. The Balaban J connectivity index is 2.64. The molecule has 0 aliphatic rings. The van der Waals surface area contributed by atoms with Crippen molar-refractivity contribution < 1.29 is 19.1 Å². The molecule has 7 heteroatoms. The van der Waals surface area contributed by atoms with Crippen LogP contribution < -0.4 is 10.6 Å². The van der Waals surface area contributed by atoms with E-state index in [1.165, 1.54) is 12.1 Å². The number of nitrogens with one attached hydrogen (secondary N) is 2. The summed E-state index contributed by atoms with van der Waals surface area (Å²) in [5, 5.41) is 12.8. The molecule has 5 nitrogen and oxygen atoms in total. The molecule has 0 bridgehead atoms. The maximum absolute atomic E-state index is 13.3. The highest BCUT2D eigenvalue weighted by atomic mass is 35.5. The van der Waals surface area contributed by atoms with Crippen molar-refractivity contribution in [1.82, 2.24) is 5.32 Å². The van der Waals surface area contributed by atoms with Gasteiger partial charge < -0.3 is 15.7 Å². The van der Waals surface area contributed by atoms with Crippen LogP contribution in [-0.4, -0.2) is 30.1 Å². The van der Waals surface area contributed by atoms with Crippen LogP contribution in [0.4, 0.5) is 10.1 Å². The van der Waals surface area contributed by atoms with E-state index in [1.54, 1.807) is 0 Å². The van der Waals surface area contributed by atoms with Crippen molar-refractivity contribution >= 4 is 29.1 Å². The van der Waals surface area contributed by atoms with Crippen LogP contribution in [0.2, 0.25) is 5.02 Å². The first-order valence-corrected chi connectivity index (χ1v) is 5.07. The van der Waals surface area contributed by atoms with E-state index in [1.807, 2.05) is 0 Å². The lowest BCUT2D eigenvalue weighted by Gasteiger charge is -2.06. The second-order valence-corrected chi connectivity index (χ2v) is 3.49. The molecule has 1 rings (SSSR count). The van der Waals surface area contributed by atoms with Crippen LogP contribution in [0.3, 0.4) is 0 Å². The molecule has 2 amide bonds. The summed E-state index contributed by atoms with van der Waals surface area (Å²) in [5.41, 5.74) is -0.140. The minimum absolute atomic E-state index is 0.0463. The Bertz CT molecular complexity index is 440. The molecular weight excluding hydrogens is 251 g/mol. The highest BCUT2D eigenvalue weighted by Gasteiger charge is 2.14. The van der Waals surface area contributed by atoms with Crippen LogP contribution in [0.15, 0.2) is 18.2 Å². The van der Waals surface area contributed by atoms with Crippen molar-refractivity contribution in [2.24, 2.45) is 0 Å². The number of halogens is 2. The summed E-state index contributed by atoms with van der Waals surface area (Å²) in [6, 6.07) is 3.64. The van der Waals surface area contributed by atoms with Gasteiger partial charge in [-0.25, -0.2) is 4.39 Å². The molecule has 1 aromatic carbocycles. The molecule has 0 saturated carbocycles. The Morgan fingerprint density at radius 2 is 2.06 bits per heavy atom. The molecular formula is C10H10ClFN2O3. The van der Waals surface area contributed by atoms with Crippen molar-refractivity contribution in [2.45, 2.75) is 0 Å². The number of carbonyl (C=O) groups is 2. The van der Waals surface area contributed by atoms with E-state index in [-0.39, 0.29) is 23.9 Å². The van der Waals surface area contributed by atoms with Crippen LogP contribution in [0.25, 0.3) is 0 Å². The third kappa shape index (κ3) is 4.01. The maximum Gasteiger partial charge on any atom is 0.313 e. The first kappa shape index (κ1) is 13.4. The van der Waals surface area contributed by atoms with E-state index in [2.05, 4.69) is 10.6 Å². The number of hydrogen-bond donors (Lipinski definition) is 3. The van der Waals surface area contributed by atoms with Gasteiger partial charge in [0.1, 0.15) is 5.82 Å². The molecule has 0 unspecified atom stereocenters. The van der Waals surface area contributed by atoms with Gasteiger partial charge in [0.15, 0.2) is 0 Å². The van der Waals surface area contributed by atoms with Crippen LogP contribution in [0.5, 0.6) is 0 Å². The van der Waals surface area contributed by atoms with E-state index < -0.39 is 17.6 Å². The van der Waals surface area contributed by atoms with Crippen molar-refractivity contribution in [2.75, 3.05) is 18.5 Å². The Labute approximate surface area is 102 Å². The highest BCUT2D eigenvalue weighted by Crippen LogP contribution is 2.18. The zero-order valence-corrected chi connectivity index (χ0v) is 9.42. The molecule has 0 atom stereocenters. The molecule has 92 valence electrons. The molecule has 0 aliphatic carbocycles. The van der Waals surface area contributed by atoms with E-state index in [0.29, 0.717) is 0 Å². The molecule has 0 aromatic heterocycles. The summed E-state index contributed by atoms with van der Waals surface area (Å²) in [7, 11) is 0. The second kappa shape index (κ2) is 6.17. The summed E-state index contributed by atoms with van der Waals surface area (Å²) >= 11 is 5.52. The Hall–Kier alpha value is -1.66. The smallest absolute Gasteiger partial charge is 0.313 e. The van der Waals surface area contributed by atoms with Crippen LogP contribution in [-0.2, 0) is 9.59 Å². The number of amides is 2. The number of rotatable bonds is 3. The molecule has 0 heterocycles. The van der Waals surface area contributed by atoms with Gasteiger partial charge in [-0.3, -0.25) is 9.59 Å². The molecule has 0 saturated heterocycles. The second-order valence-electron chi connectivity index (χ2n) is 3.06. The predicted octanol–water partition coefficient (Wildman–Crippen LogP) is 0.526. The fourth-order valence-electron chi connectivity index (χ4n) is 1.02. The Kier molecular flexibility index (Phi) is 4.86. The summed E-state index contributed by atoms with van der Waals surface area (Å²) in [6.07, 6.45) is 0. The average molecular weight is 261 g/mol. The number of anilines is 1. The van der Waals surface area contributed by atoms with Crippen molar-refractivity contribution in [3.05, 3.63) is 29.0 Å². The van der Waals surface area contributed by atoms with Gasteiger partial charge in [0.05, 0.1) is 12.3 Å². The lowest BCUT2D eigenvalue weighted by molar-refractivity contribution is -0.136. The molecule has 17 heavy (non-hydrogen) atoms. The van der Waals surface area contributed by atoms with E-state index >= 15 is 0 Å². The molecule has 3 N–H and O–H groups in total. The van der Waals surface area contributed by atoms with Crippen molar-refractivity contribution in [3.63, 3.8) is 0 Å². The summed E-state index contributed by atoms with van der Waals surface area (Å²) in [5.74, 6) is -2.70. The SMILES string of the molecule is O=C(NCCO)C(=O)Nc1ccc(Cl)cc1F. The molecule has 0 aliphatic heterocycles. The lowest BCUT2D eigenvalue weighted by atomic mass is 10.3. The molecule has 1 aromatic rings.